The first-order valence-electron chi connectivity index (χ1n) is 7.43. The standard InChI is InChI=1S/C15H25N5O/c1-15(2,3)14-18-11(16)9-12(19-14)20-7-5-10(6-8-20)13(21)17-4/h9-10H,5-8H2,1-4H3,(H,17,21)(H2,16,18,19). The third-order valence-electron chi connectivity index (χ3n) is 3.84. The number of anilines is 2. The molecule has 2 rings (SSSR count). The fraction of sp³-hybridized carbons (Fsp3) is 0.667. The summed E-state index contributed by atoms with van der Waals surface area (Å²) in [6.07, 6.45) is 1.68. The van der Waals surface area contributed by atoms with Crippen LogP contribution in [0.25, 0.3) is 0 Å². The Balaban J connectivity index is 2.13. The summed E-state index contributed by atoms with van der Waals surface area (Å²) in [5.41, 5.74) is 5.78. The van der Waals surface area contributed by atoms with Gasteiger partial charge in [0.15, 0.2) is 0 Å². The number of nitrogens with two attached hydrogens (primary N) is 1. The molecule has 0 aromatic carbocycles. The van der Waals surface area contributed by atoms with E-state index < -0.39 is 0 Å². The molecule has 1 amide bonds. The maximum absolute atomic E-state index is 11.7. The highest BCUT2D eigenvalue weighted by atomic mass is 16.1. The van der Waals surface area contributed by atoms with E-state index in [-0.39, 0.29) is 17.2 Å². The topological polar surface area (TPSA) is 84.1 Å². The molecule has 2 heterocycles. The molecule has 0 spiro atoms. The van der Waals surface area contributed by atoms with Crippen molar-refractivity contribution in [2.24, 2.45) is 5.92 Å². The van der Waals surface area contributed by atoms with Crippen LogP contribution in [0, 0.1) is 5.92 Å². The van der Waals surface area contributed by atoms with E-state index >= 15 is 0 Å². The van der Waals surface area contributed by atoms with Gasteiger partial charge in [-0.25, -0.2) is 9.97 Å². The minimum Gasteiger partial charge on any atom is -0.384 e. The molecular weight excluding hydrogens is 266 g/mol. The number of nitrogen functional groups attached to an aromatic ring is 1. The molecule has 1 aromatic rings. The molecule has 6 nitrogen and oxygen atoms in total. The smallest absolute Gasteiger partial charge is 0.222 e. The van der Waals surface area contributed by atoms with Crippen molar-refractivity contribution in [2.45, 2.75) is 39.0 Å². The largest absolute Gasteiger partial charge is 0.384 e. The molecule has 0 radical (unpaired) electrons. The van der Waals surface area contributed by atoms with Crippen molar-refractivity contribution in [3.8, 4) is 0 Å². The number of piperidine rings is 1. The van der Waals surface area contributed by atoms with Crippen molar-refractivity contribution in [1.82, 2.24) is 15.3 Å². The SMILES string of the molecule is CNC(=O)C1CCN(c2cc(N)nc(C(C)(C)C)n2)CC1. The van der Waals surface area contributed by atoms with Crippen molar-refractivity contribution in [3.05, 3.63) is 11.9 Å². The van der Waals surface area contributed by atoms with Gasteiger partial charge in [-0.15, -0.1) is 0 Å². The number of aromatic nitrogens is 2. The van der Waals surface area contributed by atoms with Crippen LogP contribution in [0.4, 0.5) is 11.6 Å². The van der Waals surface area contributed by atoms with E-state index in [1.807, 2.05) is 6.07 Å². The first-order chi connectivity index (χ1) is 9.81. The Morgan fingerprint density at radius 3 is 2.48 bits per heavy atom. The second-order valence-corrected chi connectivity index (χ2v) is 6.60. The van der Waals surface area contributed by atoms with Gasteiger partial charge in [-0.3, -0.25) is 4.79 Å². The predicted molar refractivity (Wildman–Crippen MR) is 84.1 cm³/mol. The Bertz CT molecular complexity index is 515. The number of hydrogen-bond donors (Lipinski definition) is 2. The number of hydrogen-bond acceptors (Lipinski definition) is 5. The Kier molecular flexibility index (Phi) is 4.34. The molecule has 21 heavy (non-hydrogen) atoms. The lowest BCUT2D eigenvalue weighted by atomic mass is 9.95. The van der Waals surface area contributed by atoms with Crippen LogP contribution >= 0.6 is 0 Å². The molecule has 1 aliphatic rings. The highest BCUT2D eigenvalue weighted by Gasteiger charge is 2.26. The molecule has 0 aliphatic carbocycles. The van der Waals surface area contributed by atoms with Crippen LogP contribution < -0.4 is 16.0 Å². The molecule has 1 fully saturated rings. The van der Waals surface area contributed by atoms with E-state index in [1.165, 1.54) is 0 Å². The maximum Gasteiger partial charge on any atom is 0.222 e. The number of carbonyl (C=O) groups is 1. The van der Waals surface area contributed by atoms with E-state index in [4.69, 9.17) is 5.73 Å². The normalized spacial score (nSPS) is 16.9. The molecular formula is C15H25N5O. The van der Waals surface area contributed by atoms with Gasteiger partial charge in [0.2, 0.25) is 5.91 Å². The number of rotatable bonds is 2. The lowest BCUT2D eigenvalue weighted by Crippen LogP contribution is -2.40. The minimum absolute atomic E-state index is 0.104. The van der Waals surface area contributed by atoms with Gasteiger partial charge in [0.1, 0.15) is 17.5 Å². The quantitative estimate of drug-likeness (QED) is 0.858. The van der Waals surface area contributed by atoms with Gasteiger partial charge in [-0.1, -0.05) is 20.8 Å². The van der Waals surface area contributed by atoms with E-state index in [2.05, 4.69) is 41.0 Å². The summed E-state index contributed by atoms with van der Waals surface area (Å²) in [6.45, 7) is 7.85. The summed E-state index contributed by atoms with van der Waals surface area (Å²) in [5, 5.41) is 2.72. The summed E-state index contributed by atoms with van der Waals surface area (Å²) >= 11 is 0. The first-order valence-corrected chi connectivity index (χ1v) is 7.43. The van der Waals surface area contributed by atoms with E-state index in [1.54, 1.807) is 7.05 Å². The number of amides is 1. The Morgan fingerprint density at radius 1 is 1.33 bits per heavy atom. The number of nitrogens with zero attached hydrogens (tertiary/aromatic N) is 3. The van der Waals surface area contributed by atoms with E-state index in [0.717, 1.165) is 37.6 Å². The van der Waals surface area contributed by atoms with Crippen LogP contribution in [0.15, 0.2) is 6.07 Å². The average Bonchev–Trinajstić information content (AvgIpc) is 2.45. The maximum atomic E-state index is 11.7. The molecule has 6 heteroatoms. The van der Waals surface area contributed by atoms with Crippen LogP contribution in [0.2, 0.25) is 0 Å². The third-order valence-corrected chi connectivity index (χ3v) is 3.84. The minimum atomic E-state index is -0.134. The molecule has 1 aromatic heterocycles. The van der Waals surface area contributed by atoms with E-state index in [0.29, 0.717) is 5.82 Å². The van der Waals surface area contributed by atoms with Crippen LogP contribution in [-0.2, 0) is 10.2 Å². The van der Waals surface area contributed by atoms with Gasteiger partial charge in [0, 0.05) is 37.5 Å². The molecule has 0 saturated carbocycles. The summed E-state index contributed by atoms with van der Waals surface area (Å²) in [7, 11) is 1.69. The second-order valence-electron chi connectivity index (χ2n) is 6.60. The highest BCUT2D eigenvalue weighted by molar-refractivity contribution is 5.78. The lowest BCUT2D eigenvalue weighted by Gasteiger charge is -2.32. The molecule has 1 aliphatic heterocycles. The lowest BCUT2D eigenvalue weighted by molar-refractivity contribution is -0.125. The predicted octanol–water partition coefficient (Wildman–Crippen LogP) is 1.32. The molecule has 0 atom stereocenters. The zero-order valence-electron chi connectivity index (χ0n) is 13.3. The number of carbonyl (C=O) groups excluding carboxylic acids is 1. The van der Waals surface area contributed by atoms with Crippen molar-refractivity contribution in [1.29, 1.82) is 0 Å². The third kappa shape index (κ3) is 3.62. The molecule has 0 bridgehead atoms. The van der Waals surface area contributed by atoms with Crippen molar-refractivity contribution < 1.29 is 4.79 Å². The summed E-state index contributed by atoms with van der Waals surface area (Å²) < 4.78 is 0. The van der Waals surface area contributed by atoms with E-state index in [9.17, 15) is 4.79 Å². The Hall–Kier alpha value is -1.85. The zero-order valence-corrected chi connectivity index (χ0v) is 13.3. The van der Waals surface area contributed by atoms with Crippen LogP contribution in [-0.4, -0.2) is 36.0 Å². The number of nitrogens with one attached hydrogen (secondary N) is 1. The zero-order chi connectivity index (χ0) is 15.6. The van der Waals surface area contributed by atoms with Crippen LogP contribution in [0.1, 0.15) is 39.4 Å². The summed E-state index contributed by atoms with van der Waals surface area (Å²) in [6, 6.07) is 1.81. The summed E-state index contributed by atoms with van der Waals surface area (Å²) in [4.78, 5) is 22.8. The van der Waals surface area contributed by atoms with Gasteiger partial charge in [0.05, 0.1) is 0 Å². The van der Waals surface area contributed by atoms with Gasteiger partial charge < -0.3 is 16.0 Å². The highest BCUT2D eigenvalue weighted by Crippen LogP contribution is 2.26. The van der Waals surface area contributed by atoms with Crippen molar-refractivity contribution >= 4 is 17.5 Å². The Morgan fingerprint density at radius 2 is 1.95 bits per heavy atom. The molecule has 3 N–H and O–H groups in total. The van der Waals surface area contributed by atoms with Crippen molar-refractivity contribution in [3.63, 3.8) is 0 Å². The van der Waals surface area contributed by atoms with Crippen LogP contribution in [0.3, 0.4) is 0 Å². The Labute approximate surface area is 126 Å². The molecule has 1 saturated heterocycles. The second kappa shape index (κ2) is 5.87. The average molecular weight is 291 g/mol. The first kappa shape index (κ1) is 15.5. The van der Waals surface area contributed by atoms with Crippen molar-refractivity contribution in [2.75, 3.05) is 30.8 Å². The van der Waals surface area contributed by atoms with Gasteiger partial charge in [-0.05, 0) is 12.8 Å². The summed E-state index contributed by atoms with van der Waals surface area (Å²) in [5.74, 6) is 2.35. The fourth-order valence-electron chi connectivity index (χ4n) is 2.52. The van der Waals surface area contributed by atoms with Gasteiger partial charge >= 0.3 is 0 Å². The monoisotopic (exact) mass is 291 g/mol. The fourth-order valence-corrected chi connectivity index (χ4v) is 2.52. The van der Waals surface area contributed by atoms with Gasteiger partial charge in [-0.2, -0.15) is 0 Å². The molecule has 116 valence electrons. The molecule has 0 unspecified atom stereocenters. The van der Waals surface area contributed by atoms with Crippen LogP contribution in [0.5, 0.6) is 0 Å². The van der Waals surface area contributed by atoms with Gasteiger partial charge in [0.25, 0.3) is 0 Å².